The van der Waals surface area contributed by atoms with Gasteiger partial charge >= 0.3 is 12.1 Å². The van der Waals surface area contributed by atoms with Crippen molar-refractivity contribution in [2.24, 2.45) is 0 Å². The van der Waals surface area contributed by atoms with Crippen molar-refractivity contribution < 1.29 is 28.7 Å². The van der Waals surface area contributed by atoms with Gasteiger partial charge in [-0.3, -0.25) is 14.4 Å². The first kappa shape index (κ1) is 37.7. The predicted octanol–water partition coefficient (Wildman–Crippen LogP) is 8.21. The highest BCUT2D eigenvalue weighted by molar-refractivity contribution is 7.17. The fraction of sp³-hybridized carbons (Fsp3) is 0.349. The van der Waals surface area contributed by atoms with Crippen LogP contribution >= 0.6 is 22.9 Å². The van der Waals surface area contributed by atoms with E-state index in [0.29, 0.717) is 48.3 Å². The molecule has 0 unspecified atom stereocenters. The number of aryl methyl sites for hydroxylation is 1. The molecule has 2 amide bonds. The lowest BCUT2D eigenvalue weighted by Crippen LogP contribution is -2.48. The first-order chi connectivity index (χ1) is 26.7. The molecule has 5 heterocycles. The minimum Gasteiger partial charge on any atom is -0.460 e. The molecule has 0 aliphatic carbocycles. The number of nitrogens with one attached hydrogen (secondary N) is 2. The molecular weight excluding hydrogens is 750 g/mol. The highest BCUT2D eigenvalue weighted by Crippen LogP contribution is 2.49. The first-order valence-electron chi connectivity index (χ1n) is 18.8. The SMILES string of the molecule is Cc1csc2c(OC(=O)N3CCN(C)CC3)cc3c(c12)[C@@H](CCl)CN3C(=O)c1cc2cc(CC(=O)c3cc4cc(CC(=O)OC(C)(C)C)ccc4[nH]3)ccc2[nH]1. The molecule has 0 spiro atoms. The van der Waals surface area contributed by atoms with Gasteiger partial charge in [0.15, 0.2) is 11.5 Å². The number of fused-ring (bicyclic) bond motifs is 5. The number of ketones is 1. The monoisotopic (exact) mass is 793 g/mol. The van der Waals surface area contributed by atoms with Crippen LogP contribution in [0.1, 0.15) is 69.9 Å². The predicted molar refractivity (Wildman–Crippen MR) is 221 cm³/mol. The van der Waals surface area contributed by atoms with Gasteiger partial charge in [0.2, 0.25) is 0 Å². The smallest absolute Gasteiger partial charge is 0.415 e. The van der Waals surface area contributed by atoms with E-state index in [4.69, 9.17) is 21.1 Å². The van der Waals surface area contributed by atoms with Gasteiger partial charge in [0.05, 0.1) is 22.5 Å². The second-order valence-electron chi connectivity index (χ2n) is 15.9. The van der Waals surface area contributed by atoms with Crippen molar-refractivity contribution >= 4 is 84.3 Å². The molecule has 0 radical (unpaired) electrons. The maximum Gasteiger partial charge on any atom is 0.415 e. The number of rotatable bonds is 8. The second kappa shape index (κ2) is 14.7. The molecule has 1 fully saturated rings. The van der Waals surface area contributed by atoms with E-state index in [1.54, 1.807) is 9.80 Å². The van der Waals surface area contributed by atoms with E-state index in [1.807, 2.05) is 89.3 Å². The number of thiophene rings is 1. The third-order valence-electron chi connectivity index (χ3n) is 10.5. The molecule has 8 rings (SSSR count). The molecule has 2 aliphatic rings. The number of carbonyl (C=O) groups excluding carboxylic acids is 4. The average Bonchev–Trinajstić information content (AvgIpc) is 3.94. The van der Waals surface area contributed by atoms with Gasteiger partial charge < -0.3 is 34.1 Å². The molecule has 1 saturated heterocycles. The number of Topliss-reactive ketones (excluding diaryl/α,β-unsaturated/α-hetero) is 1. The van der Waals surface area contributed by atoms with Crippen molar-refractivity contribution in [3.05, 3.63) is 93.6 Å². The van der Waals surface area contributed by atoms with Crippen LogP contribution in [-0.2, 0) is 22.4 Å². The Bertz CT molecular complexity index is 2540. The van der Waals surface area contributed by atoms with Crippen LogP contribution in [0.2, 0.25) is 0 Å². The average molecular weight is 794 g/mol. The lowest BCUT2D eigenvalue weighted by atomic mass is 9.97. The normalized spacial score (nSPS) is 16.2. The minimum absolute atomic E-state index is 0.0824. The lowest BCUT2D eigenvalue weighted by Gasteiger charge is -2.31. The summed E-state index contributed by atoms with van der Waals surface area (Å²) >= 11 is 8.09. The largest absolute Gasteiger partial charge is 0.460 e. The standard InChI is InChI=1S/C43H44ClN5O6S/c1-24-23-56-40-36(54-42(53)48-12-10-47(5)11-13-48)20-34-39(38(24)40)29(21-44)22-49(34)41(52)33-19-28-14-25(6-8-31(28)46-33)16-35(50)32-18-27-15-26(7-9-30(27)45-32)17-37(51)55-43(2,3)4/h6-9,14-15,18-20,23,29,45-46H,10-13,16-17,21-22H2,1-5H3/t29-/m0/s1. The van der Waals surface area contributed by atoms with Crippen LogP contribution in [0.15, 0.2) is 60.0 Å². The van der Waals surface area contributed by atoms with Crippen LogP contribution in [0, 0.1) is 6.92 Å². The maximum absolute atomic E-state index is 14.3. The zero-order valence-electron chi connectivity index (χ0n) is 32.1. The highest BCUT2D eigenvalue weighted by atomic mass is 35.5. The summed E-state index contributed by atoms with van der Waals surface area (Å²) in [6.45, 7) is 10.7. The molecule has 56 heavy (non-hydrogen) atoms. The molecule has 3 aromatic carbocycles. The van der Waals surface area contributed by atoms with Gasteiger partial charge in [0.1, 0.15) is 11.3 Å². The van der Waals surface area contributed by atoms with Crippen molar-refractivity contribution in [2.75, 3.05) is 50.6 Å². The Morgan fingerprint density at radius 3 is 2.18 bits per heavy atom. The van der Waals surface area contributed by atoms with Crippen molar-refractivity contribution in [1.29, 1.82) is 0 Å². The molecule has 3 aromatic heterocycles. The molecule has 1 atom stereocenters. The third kappa shape index (κ3) is 7.40. The number of anilines is 1. The number of hydrogen-bond donors (Lipinski definition) is 2. The number of aromatic amines is 2. The summed E-state index contributed by atoms with van der Waals surface area (Å²) in [7, 11) is 2.03. The highest BCUT2D eigenvalue weighted by Gasteiger charge is 2.37. The Morgan fingerprint density at radius 2 is 1.52 bits per heavy atom. The van der Waals surface area contributed by atoms with Crippen LogP contribution in [0.25, 0.3) is 31.9 Å². The number of aromatic nitrogens is 2. The number of H-pyrrole nitrogens is 2. The fourth-order valence-corrected chi connectivity index (χ4v) is 9.03. The van der Waals surface area contributed by atoms with Crippen LogP contribution in [0.4, 0.5) is 10.5 Å². The van der Waals surface area contributed by atoms with Crippen molar-refractivity contribution in [3.8, 4) is 5.75 Å². The van der Waals surface area contributed by atoms with Crippen LogP contribution in [0.3, 0.4) is 0 Å². The molecule has 6 aromatic rings. The summed E-state index contributed by atoms with van der Waals surface area (Å²) in [5.74, 6) is 0.0613. The number of esters is 1. The van der Waals surface area contributed by atoms with E-state index in [0.717, 1.165) is 67.2 Å². The number of hydrogen-bond acceptors (Lipinski definition) is 8. The van der Waals surface area contributed by atoms with E-state index in [1.165, 1.54) is 11.3 Å². The number of carbonyl (C=O) groups is 4. The topological polar surface area (TPSA) is 128 Å². The third-order valence-corrected chi connectivity index (χ3v) is 12.0. The second-order valence-corrected chi connectivity index (χ2v) is 17.1. The Kier molecular flexibility index (Phi) is 9.92. The minimum atomic E-state index is -0.561. The van der Waals surface area contributed by atoms with E-state index >= 15 is 0 Å². The Balaban J connectivity index is 1.02. The van der Waals surface area contributed by atoms with Gasteiger partial charge in [0.25, 0.3) is 5.91 Å². The molecule has 2 aliphatic heterocycles. The van der Waals surface area contributed by atoms with Gasteiger partial charge in [-0.25, -0.2) is 4.79 Å². The molecule has 290 valence electrons. The Morgan fingerprint density at radius 1 is 0.875 bits per heavy atom. The lowest BCUT2D eigenvalue weighted by molar-refractivity contribution is -0.153. The van der Waals surface area contributed by atoms with Crippen LogP contribution in [0.5, 0.6) is 5.75 Å². The summed E-state index contributed by atoms with van der Waals surface area (Å²) in [5.41, 5.74) is 6.24. The van der Waals surface area contributed by atoms with E-state index in [2.05, 4.69) is 20.2 Å². The summed E-state index contributed by atoms with van der Waals surface area (Å²) < 4.78 is 12.4. The number of likely N-dealkylation sites (N-methyl/N-ethyl adjacent to an activating group) is 1. The number of alkyl halides is 1. The number of piperazine rings is 1. The summed E-state index contributed by atoms with van der Waals surface area (Å²) in [5, 5.41) is 4.68. The van der Waals surface area contributed by atoms with E-state index in [-0.39, 0.29) is 36.4 Å². The fourth-order valence-electron chi connectivity index (χ4n) is 7.76. The van der Waals surface area contributed by atoms with Crippen LogP contribution < -0.4 is 9.64 Å². The van der Waals surface area contributed by atoms with E-state index in [9.17, 15) is 19.2 Å². The zero-order chi connectivity index (χ0) is 39.5. The van der Waals surface area contributed by atoms with E-state index < -0.39 is 11.7 Å². The number of benzene rings is 3. The van der Waals surface area contributed by atoms with Gasteiger partial charge in [-0.1, -0.05) is 12.1 Å². The summed E-state index contributed by atoms with van der Waals surface area (Å²) in [6.07, 6.45) is -0.0921. The molecule has 11 nitrogen and oxygen atoms in total. The van der Waals surface area contributed by atoms with Gasteiger partial charge in [-0.15, -0.1) is 22.9 Å². The number of amides is 2. The van der Waals surface area contributed by atoms with Crippen LogP contribution in [-0.4, -0.2) is 94.8 Å². The zero-order valence-corrected chi connectivity index (χ0v) is 33.7. The number of halogens is 1. The molecule has 2 N–H and O–H groups in total. The molecule has 0 saturated carbocycles. The van der Waals surface area contributed by atoms with Crippen molar-refractivity contribution in [1.82, 2.24) is 19.8 Å². The quantitative estimate of drug-likeness (QED) is 0.0904. The van der Waals surface area contributed by atoms with Crippen molar-refractivity contribution in [2.45, 2.75) is 52.1 Å². The van der Waals surface area contributed by atoms with Gasteiger partial charge in [0, 0.05) is 84.2 Å². The Hall–Kier alpha value is -5.17. The first-order valence-corrected chi connectivity index (χ1v) is 20.2. The maximum atomic E-state index is 14.3. The van der Waals surface area contributed by atoms with Crippen molar-refractivity contribution in [3.63, 3.8) is 0 Å². The number of ether oxygens (including phenoxy) is 2. The summed E-state index contributed by atoms with van der Waals surface area (Å²) in [6, 6.07) is 16.8. The Labute approximate surface area is 333 Å². The molecule has 0 bridgehead atoms. The van der Waals surface area contributed by atoms with Gasteiger partial charge in [-0.05, 0) is 98.8 Å². The molecular formula is C43H44ClN5O6S. The summed E-state index contributed by atoms with van der Waals surface area (Å²) in [4.78, 5) is 65.7. The van der Waals surface area contributed by atoms with Gasteiger partial charge in [-0.2, -0.15) is 0 Å². The molecule has 13 heteroatoms. The number of nitrogens with zero attached hydrogens (tertiary/aromatic N) is 3.